The summed E-state index contributed by atoms with van der Waals surface area (Å²) in [5, 5.41) is 19.1. The van der Waals surface area contributed by atoms with E-state index in [2.05, 4.69) is 0 Å². The molecular weight excluding hydrogens is 298 g/mol. The van der Waals surface area contributed by atoms with Crippen molar-refractivity contribution in [2.24, 2.45) is 5.92 Å². The lowest BCUT2D eigenvalue weighted by Crippen LogP contribution is -2.47. The summed E-state index contributed by atoms with van der Waals surface area (Å²) in [7, 11) is 0. The van der Waals surface area contributed by atoms with Crippen LogP contribution in [0.1, 0.15) is 17.0 Å². The SMILES string of the molecule is O=C(c1ccc(Oc2ccccc2)o1)N1CC[C@H](CO)[C@H](O)C1. The number of piperidine rings is 1. The van der Waals surface area contributed by atoms with Crippen molar-refractivity contribution in [3.8, 4) is 11.7 Å². The van der Waals surface area contributed by atoms with Gasteiger partial charge in [-0.05, 0) is 24.6 Å². The Labute approximate surface area is 133 Å². The number of aliphatic hydroxyl groups excluding tert-OH is 2. The number of likely N-dealkylation sites (tertiary alicyclic amines) is 1. The Bertz CT molecular complexity index is 654. The van der Waals surface area contributed by atoms with E-state index in [1.807, 2.05) is 18.2 Å². The molecule has 1 aliphatic heterocycles. The number of aliphatic hydroxyl groups is 2. The number of β-amino-alcohol motifs (C(OH)–C–C–N with tert-alkyl or cyclic N) is 1. The van der Waals surface area contributed by atoms with E-state index in [0.29, 0.717) is 18.7 Å². The van der Waals surface area contributed by atoms with Gasteiger partial charge in [-0.15, -0.1) is 0 Å². The molecular formula is C17H19NO5. The molecule has 1 saturated heterocycles. The first-order valence-electron chi connectivity index (χ1n) is 7.58. The Hall–Kier alpha value is -2.31. The average molecular weight is 317 g/mol. The zero-order valence-corrected chi connectivity index (χ0v) is 12.6. The summed E-state index contributed by atoms with van der Waals surface area (Å²) < 4.78 is 11.0. The number of para-hydroxylation sites is 1. The topological polar surface area (TPSA) is 83.1 Å². The predicted molar refractivity (Wildman–Crippen MR) is 82.3 cm³/mol. The molecule has 23 heavy (non-hydrogen) atoms. The van der Waals surface area contributed by atoms with E-state index in [9.17, 15) is 9.90 Å². The van der Waals surface area contributed by atoms with Crippen molar-refractivity contribution in [1.82, 2.24) is 4.90 Å². The molecule has 1 amide bonds. The number of carbonyl (C=O) groups is 1. The Morgan fingerprint density at radius 2 is 2.04 bits per heavy atom. The van der Waals surface area contributed by atoms with Crippen molar-refractivity contribution in [2.45, 2.75) is 12.5 Å². The summed E-state index contributed by atoms with van der Waals surface area (Å²) in [6.45, 7) is 0.606. The third kappa shape index (κ3) is 3.55. The Kier molecular flexibility index (Phi) is 4.64. The van der Waals surface area contributed by atoms with E-state index >= 15 is 0 Å². The van der Waals surface area contributed by atoms with Crippen molar-refractivity contribution in [3.63, 3.8) is 0 Å². The number of hydrogen-bond donors (Lipinski definition) is 2. The predicted octanol–water partition coefficient (Wildman–Crippen LogP) is 1.89. The van der Waals surface area contributed by atoms with Gasteiger partial charge < -0.3 is 24.3 Å². The molecule has 122 valence electrons. The normalized spacial score (nSPS) is 21.2. The second-order valence-electron chi connectivity index (χ2n) is 5.58. The first-order chi connectivity index (χ1) is 11.2. The zero-order valence-electron chi connectivity index (χ0n) is 12.6. The molecule has 0 bridgehead atoms. The van der Waals surface area contributed by atoms with Crippen LogP contribution in [-0.4, -0.2) is 46.8 Å². The van der Waals surface area contributed by atoms with Crippen LogP contribution in [0.2, 0.25) is 0 Å². The lowest BCUT2D eigenvalue weighted by Gasteiger charge is -2.34. The molecule has 6 nitrogen and oxygen atoms in total. The number of ether oxygens (including phenoxy) is 1. The number of furan rings is 1. The van der Waals surface area contributed by atoms with Crippen LogP contribution < -0.4 is 4.74 Å². The van der Waals surface area contributed by atoms with Gasteiger partial charge in [-0.2, -0.15) is 0 Å². The summed E-state index contributed by atoms with van der Waals surface area (Å²) in [5.74, 6) is 0.576. The molecule has 2 aromatic rings. The Morgan fingerprint density at radius 1 is 1.26 bits per heavy atom. The monoisotopic (exact) mass is 317 g/mol. The molecule has 0 radical (unpaired) electrons. The second-order valence-corrected chi connectivity index (χ2v) is 5.58. The van der Waals surface area contributed by atoms with E-state index in [4.69, 9.17) is 14.3 Å². The smallest absolute Gasteiger partial charge is 0.290 e. The molecule has 2 heterocycles. The van der Waals surface area contributed by atoms with Crippen LogP contribution in [0.4, 0.5) is 0 Å². The molecule has 1 aromatic heterocycles. The van der Waals surface area contributed by atoms with Crippen LogP contribution in [0, 0.1) is 5.92 Å². The summed E-state index contributed by atoms with van der Waals surface area (Å²) in [4.78, 5) is 13.9. The van der Waals surface area contributed by atoms with Crippen LogP contribution in [0.25, 0.3) is 0 Å². The largest absolute Gasteiger partial charge is 0.426 e. The molecule has 0 saturated carbocycles. The minimum atomic E-state index is -0.715. The number of nitrogens with zero attached hydrogens (tertiary/aromatic N) is 1. The van der Waals surface area contributed by atoms with E-state index in [-0.39, 0.29) is 36.7 Å². The Morgan fingerprint density at radius 3 is 2.74 bits per heavy atom. The fourth-order valence-electron chi connectivity index (χ4n) is 2.63. The van der Waals surface area contributed by atoms with Crippen LogP contribution in [0.15, 0.2) is 46.9 Å². The maximum atomic E-state index is 12.4. The van der Waals surface area contributed by atoms with Crippen LogP contribution in [0.5, 0.6) is 11.7 Å². The summed E-state index contributed by atoms with van der Waals surface area (Å²) in [5.41, 5.74) is 0. The maximum absolute atomic E-state index is 12.4. The molecule has 0 unspecified atom stereocenters. The zero-order chi connectivity index (χ0) is 16.2. The minimum absolute atomic E-state index is 0.0704. The average Bonchev–Trinajstić information content (AvgIpc) is 3.03. The van der Waals surface area contributed by atoms with Crippen molar-refractivity contribution < 1.29 is 24.2 Å². The summed E-state index contributed by atoms with van der Waals surface area (Å²) in [6.07, 6.45) is -0.148. The van der Waals surface area contributed by atoms with Crippen molar-refractivity contribution >= 4 is 5.91 Å². The number of amides is 1. The fraction of sp³-hybridized carbons (Fsp3) is 0.353. The van der Waals surface area contributed by atoms with Gasteiger partial charge in [0.1, 0.15) is 5.75 Å². The van der Waals surface area contributed by atoms with Gasteiger partial charge in [-0.3, -0.25) is 4.79 Å². The van der Waals surface area contributed by atoms with Crippen molar-refractivity contribution in [1.29, 1.82) is 0 Å². The highest BCUT2D eigenvalue weighted by molar-refractivity contribution is 5.91. The van der Waals surface area contributed by atoms with Gasteiger partial charge in [0.05, 0.1) is 6.10 Å². The van der Waals surface area contributed by atoms with Gasteiger partial charge in [0.15, 0.2) is 5.76 Å². The minimum Gasteiger partial charge on any atom is -0.426 e. The van der Waals surface area contributed by atoms with Gasteiger partial charge in [-0.25, -0.2) is 0 Å². The summed E-state index contributed by atoms with van der Waals surface area (Å²) >= 11 is 0. The van der Waals surface area contributed by atoms with Gasteiger partial charge in [0.2, 0.25) is 0 Å². The third-order valence-corrected chi connectivity index (χ3v) is 4.00. The highest BCUT2D eigenvalue weighted by Gasteiger charge is 2.31. The molecule has 1 aliphatic rings. The van der Waals surface area contributed by atoms with Crippen molar-refractivity contribution in [3.05, 3.63) is 48.2 Å². The summed E-state index contributed by atoms with van der Waals surface area (Å²) in [6, 6.07) is 12.3. The molecule has 1 fully saturated rings. The highest BCUT2D eigenvalue weighted by atomic mass is 16.6. The van der Waals surface area contributed by atoms with Crippen LogP contribution in [-0.2, 0) is 0 Å². The van der Waals surface area contributed by atoms with Crippen LogP contribution in [0.3, 0.4) is 0 Å². The highest BCUT2D eigenvalue weighted by Crippen LogP contribution is 2.25. The molecule has 3 rings (SSSR count). The van der Waals surface area contributed by atoms with E-state index in [1.165, 1.54) is 4.90 Å². The lowest BCUT2D eigenvalue weighted by atomic mass is 9.94. The number of rotatable bonds is 4. The number of hydrogen-bond acceptors (Lipinski definition) is 5. The quantitative estimate of drug-likeness (QED) is 0.900. The molecule has 0 spiro atoms. The number of carbonyl (C=O) groups excluding carboxylic acids is 1. The van der Waals surface area contributed by atoms with E-state index in [0.717, 1.165) is 0 Å². The van der Waals surface area contributed by atoms with Crippen molar-refractivity contribution in [2.75, 3.05) is 19.7 Å². The second kappa shape index (κ2) is 6.85. The maximum Gasteiger partial charge on any atom is 0.290 e. The van der Waals surface area contributed by atoms with Gasteiger partial charge in [-0.1, -0.05) is 18.2 Å². The van der Waals surface area contributed by atoms with E-state index in [1.54, 1.807) is 24.3 Å². The fourth-order valence-corrected chi connectivity index (χ4v) is 2.63. The van der Waals surface area contributed by atoms with Crippen LogP contribution >= 0.6 is 0 Å². The lowest BCUT2D eigenvalue weighted by molar-refractivity contribution is -0.000331. The van der Waals surface area contributed by atoms with Gasteiger partial charge in [0.25, 0.3) is 11.9 Å². The van der Waals surface area contributed by atoms with E-state index < -0.39 is 6.10 Å². The standard InChI is InChI=1S/C17H19NO5/c19-11-12-8-9-18(10-14(12)20)17(21)15-6-7-16(23-15)22-13-4-2-1-3-5-13/h1-7,12,14,19-20H,8-11H2/t12-,14-/m1/s1. The first kappa shape index (κ1) is 15.6. The molecule has 6 heteroatoms. The van der Waals surface area contributed by atoms with Gasteiger partial charge >= 0.3 is 0 Å². The number of benzene rings is 1. The van der Waals surface area contributed by atoms with Gasteiger partial charge in [0, 0.05) is 31.7 Å². The molecule has 1 aromatic carbocycles. The first-order valence-corrected chi connectivity index (χ1v) is 7.58. The third-order valence-electron chi connectivity index (χ3n) is 4.00. The molecule has 2 atom stereocenters. The molecule has 0 aliphatic carbocycles. The molecule has 2 N–H and O–H groups in total. The Balaban J connectivity index is 1.65.